The lowest BCUT2D eigenvalue weighted by Gasteiger charge is -2.16. The second-order valence-electron chi connectivity index (χ2n) is 3.15. The fraction of sp³-hybridized carbons (Fsp3) is 0.857. The molecule has 0 bridgehead atoms. The number of rotatable bonds is 3. The molecule has 1 radical (unpaired) electrons. The van der Waals surface area contributed by atoms with Crippen LogP contribution in [0.2, 0.25) is 0 Å². The van der Waals surface area contributed by atoms with Gasteiger partial charge in [-0.05, 0) is 26.7 Å². The standard InChI is InChI=1S/C7H12NO/c1-7(2,5-9)8-6-3-4-6/h6,8H,3-4H2,1-2H3. The van der Waals surface area contributed by atoms with E-state index in [1.54, 1.807) is 0 Å². The van der Waals surface area contributed by atoms with Crippen molar-refractivity contribution in [3.8, 4) is 0 Å². The third kappa shape index (κ3) is 2.14. The van der Waals surface area contributed by atoms with Gasteiger partial charge in [0.15, 0.2) is 0 Å². The molecule has 0 amide bonds. The summed E-state index contributed by atoms with van der Waals surface area (Å²) in [6.45, 7) is 3.69. The van der Waals surface area contributed by atoms with E-state index in [0.29, 0.717) is 6.04 Å². The van der Waals surface area contributed by atoms with Crippen LogP contribution in [0.3, 0.4) is 0 Å². The van der Waals surface area contributed by atoms with E-state index in [4.69, 9.17) is 0 Å². The zero-order chi connectivity index (χ0) is 6.91. The number of nitrogens with one attached hydrogen (secondary N) is 1. The number of hydrogen-bond acceptors (Lipinski definition) is 2. The van der Waals surface area contributed by atoms with Gasteiger partial charge < -0.3 is 5.32 Å². The lowest BCUT2D eigenvalue weighted by Crippen LogP contribution is -2.41. The first-order valence-corrected chi connectivity index (χ1v) is 3.31. The van der Waals surface area contributed by atoms with Crippen molar-refractivity contribution in [2.45, 2.75) is 38.3 Å². The van der Waals surface area contributed by atoms with Gasteiger partial charge in [-0.1, -0.05) is 0 Å². The van der Waals surface area contributed by atoms with Crippen molar-refractivity contribution in [2.75, 3.05) is 0 Å². The van der Waals surface area contributed by atoms with E-state index in [-0.39, 0.29) is 0 Å². The first kappa shape index (κ1) is 6.75. The van der Waals surface area contributed by atoms with Gasteiger partial charge in [0.05, 0.1) is 5.54 Å². The van der Waals surface area contributed by atoms with Crippen LogP contribution in [0.15, 0.2) is 0 Å². The fourth-order valence-electron chi connectivity index (χ4n) is 0.767. The average molecular weight is 126 g/mol. The number of hydrogen-bond donors (Lipinski definition) is 1. The molecule has 0 aromatic heterocycles. The van der Waals surface area contributed by atoms with Crippen LogP contribution in [0.25, 0.3) is 0 Å². The summed E-state index contributed by atoms with van der Waals surface area (Å²) in [5.41, 5.74) is -0.429. The molecule has 1 fully saturated rings. The summed E-state index contributed by atoms with van der Waals surface area (Å²) < 4.78 is 0. The first-order chi connectivity index (χ1) is 4.14. The van der Waals surface area contributed by atoms with Gasteiger partial charge in [-0.15, -0.1) is 0 Å². The third-order valence-electron chi connectivity index (χ3n) is 1.40. The monoisotopic (exact) mass is 126 g/mol. The van der Waals surface area contributed by atoms with Crippen LogP contribution in [0, 0.1) is 0 Å². The van der Waals surface area contributed by atoms with E-state index in [0.717, 1.165) is 0 Å². The maximum absolute atomic E-state index is 10.2. The van der Waals surface area contributed by atoms with E-state index >= 15 is 0 Å². The Bertz CT molecular complexity index is 116. The topological polar surface area (TPSA) is 29.1 Å². The molecule has 0 unspecified atom stereocenters. The lowest BCUT2D eigenvalue weighted by atomic mass is 10.1. The van der Waals surface area contributed by atoms with Crippen molar-refractivity contribution in [2.24, 2.45) is 0 Å². The van der Waals surface area contributed by atoms with Gasteiger partial charge in [0.2, 0.25) is 6.29 Å². The van der Waals surface area contributed by atoms with E-state index in [2.05, 4.69) is 5.32 Å². The minimum atomic E-state index is -0.429. The summed E-state index contributed by atoms with van der Waals surface area (Å²) in [5, 5.41) is 3.16. The van der Waals surface area contributed by atoms with Crippen LogP contribution in [0.4, 0.5) is 0 Å². The molecule has 51 valence electrons. The molecule has 0 heterocycles. The molecule has 0 atom stereocenters. The zero-order valence-corrected chi connectivity index (χ0v) is 5.90. The molecule has 1 saturated carbocycles. The van der Waals surface area contributed by atoms with Gasteiger partial charge in [-0.25, -0.2) is 0 Å². The van der Waals surface area contributed by atoms with Gasteiger partial charge in [-0.3, -0.25) is 4.79 Å². The molecule has 2 heteroatoms. The molecule has 1 aliphatic rings. The van der Waals surface area contributed by atoms with Crippen molar-refractivity contribution in [3.63, 3.8) is 0 Å². The smallest absolute Gasteiger partial charge is 0.219 e. The molecule has 0 saturated heterocycles. The van der Waals surface area contributed by atoms with Crippen LogP contribution < -0.4 is 5.32 Å². The Hall–Kier alpha value is -0.370. The van der Waals surface area contributed by atoms with Crippen molar-refractivity contribution in [1.82, 2.24) is 5.32 Å². The van der Waals surface area contributed by atoms with Crippen LogP contribution >= 0.6 is 0 Å². The minimum Gasteiger partial charge on any atom is -0.302 e. The molecule has 9 heavy (non-hydrogen) atoms. The molecule has 0 aromatic rings. The summed E-state index contributed by atoms with van der Waals surface area (Å²) in [6, 6.07) is 0.585. The largest absolute Gasteiger partial charge is 0.302 e. The summed E-state index contributed by atoms with van der Waals surface area (Å²) in [7, 11) is 0. The average Bonchev–Trinajstić information content (AvgIpc) is 2.50. The van der Waals surface area contributed by atoms with E-state index < -0.39 is 5.54 Å². The summed E-state index contributed by atoms with van der Waals surface area (Å²) >= 11 is 0. The Labute approximate surface area is 55.6 Å². The van der Waals surface area contributed by atoms with Crippen molar-refractivity contribution < 1.29 is 4.79 Å². The Kier molecular flexibility index (Phi) is 1.58. The van der Waals surface area contributed by atoms with E-state index in [9.17, 15) is 4.79 Å². The van der Waals surface area contributed by atoms with Gasteiger partial charge in [0, 0.05) is 6.04 Å². The highest BCUT2D eigenvalue weighted by molar-refractivity contribution is 5.63. The van der Waals surface area contributed by atoms with Crippen LogP contribution in [0.1, 0.15) is 26.7 Å². The molecular formula is C7H12NO. The van der Waals surface area contributed by atoms with Gasteiger partial charge in [0.25, 0.3) is 0 Å². The van der Waals surface area contributed by atoms with E-state index in [1.807, 2.05) is 20.1 Å². The summed E-state index contributed by atoms with van der Waals surface area (Å²) in [4.78, 5) is 10.2. The predicted octanol–water partition coefficient (Wildman–Crippen LogP) is 0.627. The fourth-order valence-corrected chi connectivity index (χ4v) is 0.767. The molecule has 0 aliphatic heterocycles. The third-order valence-corrected chi connectivity index (χ3v) is 1.40. The summed E-state index contributed by atoms with van der Waals surface area (Å²) in [6.07, 6.45) is 4.38. The second kappa shape index (κ2) is 2.10. The SMILES string of the molecule is CC(C)([C]=O)NC1CC1. The van der Waals surface area contributed by atoms with Crippen molar-refractivity contribution >= 4 is 6.29 Å². The highest BCUT2D eigenvalue weighted by Gasteiger charge is 2.28. The van der Waals surface area contributed by atoms with Crippen LogP contribution in [-0.4, -0.2) is 17.9 Å². The maximum atomic E-state index is 10.2. The lowest BCUT2D eigenvalue weighted by molar-refractivity contribution is 0.449. The Morgan fingerprint density at radius 2 is 2.11 bits per heavy atom. The first-order valence-electron chi connectivity index (χ1n) is 3.31. The molecule has 0 spiro atoms. The van der Waals surface area contributed by atoms with Crippen molar-refractivity contribution in [1.29, 1.82) is 0 Å². The maximum Gasteiger partial charge on any atom is 0.219 e. The molecule has 0 aromatic carbocycles. The molecule has 2 nitrogen and oxygen atoms in total. The highest BCUT2D eigenvalue weighted by Crippen LogP contribution is 2.21. The quantitative estimate of drug-likeness (QED) is 0.600. The Morgan fingerprint density at radius 3 is 2.44 bits per heavy atom. The van der Waals surface area contributed by atoms with E-state index in [1.165, 1.54) is 12.8 Å². The van der Waals surface area contributed by atoms with Crippen molar-refractivity contribution in [3.05, 3.63) is 0 Å². The highest BCUT2D eigenvalue weighted by atomic mass is 16.1. The minimum absolute atomic E-state index is 0.429. The van der Waals surface area contributed by atoms with Crippen LogP contribution in [-0.2, 0) is 4.79 Å². The predicted molar refractivity (Wildman–Crippen MR) is 35.9 cm³/mol. The van der Waals surface area contributed by atoms with Gasteiger partial charge >= 0.3 is 0 Å². The van der Waals surface area contributed by atoms with Crippen LogP contribution in [0.5, 0.6) is 0 Å². The number of carbonyl (C=O) groups excluding carboxylic acids is 1. The summed E-state index contributed by atoms with van der Waals surface area (Å²) in [5.74, 6) is 0. The Morgan fingerprint density at radius 1 is 1.56 bits per heavy atom. The molecule has 1 aliphatic carbocycles. The zero-order valence-electron chi connectivity index (χ0n) is 5.90. The molecule has 1 rings (SSSR count). The normalized spacial score (nSPS) is 19.8. The molecule has 1 N–H and O–H groups in total. The molecular weight excluding hydrogens is 114 g/mol. The Balaban J connectivity index is 2.29. The van der Waals surface area contributed by atoms with Gasteiger partial charge in [0.1, 0.15) is 0 Å². The van der Waals surface area contributed by atoms with Gasteiger partial charge in [-0.2, -0.15) is 0 Å². The second-order valence-corrected chi connectivity index (χ2v) is 3.15.